The second-order valence-corrected chi connectivity index (χ2v) is 16.3. The standard InChI is InChI=1S/C15H19N3.C13H16NO2.C12H12N2O3.C7H8O3S.3BrH/c1-16-8-9-18(13-16)11-10-17-7-6-14-4-2-3-5-15(14)12-17;1-2-16-13(15)10-14-8-7-11-5-3-4-6-12(11)9-14;13-12(16)17-11(15)8-14-6-5-9-3-1-2-4-10(9)7-14;1-6-2-4-7(5-3-6)11(8,9)10;;;/h2-5,8-9,12-13H,6-7,10-11H2,1H3;3-6,9H,2,7-8,10H2,1H3;1-4,7H,5-6,8H2,(H-,13,16);2-5H,1H3,(H,8,9,10);3*1H/q+2;+1;;;;;/p-3. The SMILES string of the molecule is CCOC(=O)C[N+]1=Cc2ccccc2CC1.C[n+]1ccn(CC[N+]2=Cc3ccccc3CC2)c1.Cc1ccc(S(=O)(=O)[O-])cc1.NC(=O)OC(=O)C[N+]1=Cc2ccccc2CC1.[Br-].[Br-].[Br-]. The lowest BCUT2D eigenvalue weighted by molar-refractivity contribution is -0.671. The van der Waals surface area contributed by atoms with Gasteiger partial charge in [0.2, 0.25) is 19.4 Å². The Bertz CT molecular complexity index is 2560. The molecule has 5 aromatic rings. The van der Waals surface area contributed by atoms with Gasteiger partial charge in [-0.2, -0.15) is 0 Å². The molecule has 348 valence electrons. The van der Waals surface area contributed by atoms with Crippen LogP contribution in [0.5, 0.6) is 0 Å². The summed E-state index contributed by atoms with van der Waals surface area (Å²) in [6.07, 6.45) is 14.5. The number of aryl methyl sites for hydroxylation is 2. The van der Waals surface area contributed by atoms with Gasteiger partial charge in [-0.15, -0.1) is 0 Å². The molecule has 0 saturated heterocycles. The highest BCUT2D eigenvalue weighted by molar-refractivity contribution is 7.85. The lowest BCUT2D eigenvalue weighted by atomic mass is 10.0. The molecule has 0 saturated carbocycles. The van der Waals surface area contributed by atoms with Crippen LogP contribution in [0.2, 0.25) is 0 Å². The Morgan fingerprint density at radius 2 is 1.14 bits per heavy atom. The fourth-order valence-electron chi connectivity index (χ4n) is 6.93. The van der Waals surface area contributed by atoms with Crippen LogP contribution < -0.4 is 61.2 Å². The molecule has 0 radical (unpaired) electrons. The fraction of sp³-hybridized carbons (Fsp3) is 0.298. The topological polar surface area (TPSA) is 171 Å². The number of esters is 2. The van der Waals surface area contributed by atoms with E-state index in [-0.39, 0.29) is 68.4 Å². The van der Waals surface area contributed by atoms with Crippen molar-refractivity contribution in [3.8, 4) is 0 Å². The van der Waals surface area contributed by atoms with Crippen LogP contribution in [0.4, 0.5) is 4.79 Å². The molecule has 0 fully saturated rings. The van der Waals surface area contributed by atoms with Crippen LogP contribution in [0.15, 0.2) is 121 Å². The van der Waals surface area contributed by atoms with Crippen LogP contribution in [0.25, 0.3) is 0 Å². The van der Waals surface area contributed by atoms with E-state index in [9.17, 15) is 27.4 Å². The molecule has 8 rings (SSSR count). The van der Waals surface area contributed by atoms with E-state index < -0.39 is 22.2 Å². The molecule has 1 aromatic heterocycles. The average Bonchev–Trinajstić information content (AvgIpc) is 3.67. The summed E-state index contributed by atoms with van der Waals surface area (Å²) in [4.78, 5) is 32.8. The first kappa shape index (κ1) is 56.0. The molecule has 14 nitrogen and oxygen atoms in total. The zero-order valence-electron chi connectivity index (χ0n) is 36.6. The summed E-state index contributed by atoms with van der Waals surface area (Å²) in [5.74, 6) is -0.786. The van der Waals surface area contributed by atoms with Crippen molar-refractivity contribution in [2.24, 2.45) is 12.8 Å². The van der Waals surface area contributed by atoms with Gasteiger partial charge in [0, 0.05) is 36.0 Å². The van der Waals surface area contributed by atoms with Crippen molar-refractivity contribution in [2.45, 2.75) is 44.6 Å². The molecule has 3 aliphatic rings. The zero-order valence-corrected chi connectivity index (χ0v) is 42.2. The Morgan fingerprint density at radius 3 is 1.57 bits per heavy atom. The molecule has 0 spiro atoms. The number of fused-ring (bicyclic) bond motifs is 3. The summed E-state index contributed by atoms with van der Waals surface area (Å²) < 4.78 is 50.9. The molecule has 0 unspecified atom stereocenters. The monoisotopic (exact) mass is 1100 g/mol. The maximum atomic E-state index is 11.3. The minimum Gasteiger partial charge on any atom is -1.00 e. The Labute approximate surface area is 412 Å². The van der Waals surface area contributed by atoms with E-state index >= 15 is 0 Å². The van der Waals surface area contributed by atoms with Crippen molar-refractivity contribution in [1.29, 1.82) is 0 Å². The number of hydrogen-bond acceptors (Lipinski definition) is 8. The number of hydrogen-bond donors (Lipinski definition) is 1. The van der Waals surface area contributed by atoms with E-state index in [2.05, 4.69) is 92.9 Å². The first-order valence-electron chi connectivity index (χ1n) is 20.5. The number of amides is 1. The minimum absolute atomic E-state index is 0. The summed E-state index contributed by atoms with van der Waals surface area (Å²) in [6.45, 7) is 9.34. The molecule has 0 bridgehead atoms. The number of aromatic nitrogens is 2. The van der Waals surface area contributed by atoms with Gasteiger partial charge in [-0.3, -0.25) is 0 Å². The van der Waals surface area contributed by atoms with Gasteiger partial charge in [0.05, 0.1) is 18.6 Å². The van der Waals surface area contributed by atoms with E-state index in [1.807, 2.05) is 65.8 Å². The van der Waals surface area contributed by atoms with Gasteiger partial charge in [0.25, 0.3) is 0 Å². The van der Waals surface area contributed by atoms with Crippen molar-refractivity contribution in [3.63, 3.8) is 0 Å². The Hall–Kier alpha value is -5.14. The largest absolute Gasteiger partial charge is 1.00 e. The van der Waals surface area contributed by atoms with Gasteiger partial charge >= 0.3 is 18.0 Å². The van der Waals surface area contributed by atoms with Gasteiger partial charge < -0.3 is 70.7 Å². The summed E-state index contributed by atoms with van der Waals surface area (Å²) in [7, 11) is -2.21. The average molecular weight is 1100 g/mol. The van der Waals surface area contributed by atoms with Crippen LogP contribution >= 0.6 is 0 Å². The van der Waals surface area contributed by atoms with Gasteiger partial charge in [0.15, 0.2) is 25.2 Å². The second kappa shape index (κ2) is 28.0. The van der Waals surface area contributed by atoms with Gasteiger partial charge in [-0.05, 0) is 60.9 Å². The van der Waals surface area contributed by atoms with Crippen LogP contribution in [0.1, 0.15) is 45.9 Å². The highest BCUT2D eigenvalue weighted by Crippen LogP contribution is 2.13. The summed E-state index contributed by atoms with van der Waals surface area (Å²) >= 11 is 0. The summed E-state index contributed by atoms with van der Waals surface area (Å²) in [5, 5.41) is 0. The quantitative estimate of drug-likeness (QED) is 0.0660. The molecular formula is C47H55Br3N6O8S. The lowest BCUT2D eigenvalue weighted by Crippen LogP contribution is -3.00. The van der Waals surface area contributed by atoms with Crippen molar-refractivity contribution in [3.05, 3.63) is 155 Å². The van der Waals surface area contributed by atoms with Crippen LogP contribution in [0.3, 0.4) is 0 Å². The number of rotatable bonds is 9. The van der Waals surface area contributed by atoms with Crippen molar-refractivity contribution < 1.29 is 106 Å². The lowest BCUT2D eigenvalue weighted by Gasteiger charge is -2.11. The molecular weight excluding hydrogens is 1050 g/mol. The number of halogens is 3. The molecule has 65 heavy (non-hydrogen) atoms. The van der Waals surface area contributed by atoms with Crippen LogP contribution in [-0.4, -0.2) is 114 Å². The molecule has 0 aliphatic carbocycles. The predicted octanol–water partition coefficient (Wildman–Crippen LogP) is -5.56. The number of carbonyl (C=O) groups excluding carboxylic acids is 3. The number of carbonyl (C=O) groups is 3. The Balaban J connectivity index is 0.000000297. The minimum atomic E-state index is -4.27. The number of nitrogens with two attached hydrogens (primary N) is 1. The number of ether oxygens (including phenoxy) is 2. The van der Waals surface area contributed by atoms with Gasteiger partial charge in [-0.1, -0.05) is 72.3 Å². The van der Waals surface area contributed by atoms with Crippen molar-refractivity contribution in [1.82, 2.24) is 4.57 Å². The smallest absolute Gasteiger partial charge is 0.412 e. The molecule has 4 aromatic carbocycles. The highest BCUT2D eigenvalue weighted by Gasteiger charge is 2.21. The van der Waals surface area contributed by atoms with E-state index in [1.54, 1.807) is 12.1 Å². The third-order valence-electron chi connectivity index (χ3n) is 10.1. The zero-order chi connectivity index (χ0) is 44.5. The first-order chi connectivity index (χ1) is 29.7. The second-order valence-electron chi connectivity index (χ2n) is 14.9. The highest BCUT2D eigenvalue weighted by atomic mass is 79.9. The predicted molar refractivity (Wildman–Crippen MR) is 233 cm³/mol. The number of primary amides is 1. The maximum absolute atomic E-state index is 11.3. The number of imidazole rings is 1. The van der Waals surface area contributed by atoms with E-state index in [0.717, 1.165) is 63.1 Å². The van der Waals surface area contributed by atoms with Gasteiger partial charge in [0.1, 0.15) is 48.7 Å². The first-order valence-corrected chi connectivity index (χ1v) is 21.9. The Kier molecular flexibility index (Phi) is 24.1. The van der Waals surface area contributed by atoms with Gasteiger partial charge in [-0.25, -0.2) is 45.7 Å². The number of nitrogens with zero attached hydrogens (tertiary/aromatic N) is 5. The summed E-state index contributed by atoms with van der Waals surface area (Å²) in [5.41, 5.74) is 13.4. The summed E-state index contributed by atoms with van der Waals surface area (Å²) in [6, 6.07) is 30.7. The normalized spacial score (nSPS) is 12.8. The van der Waals surface area contributed by atoms with Crippen LogP contribution in [0, 0.1) is 6.92 Å². The fourth-order valence-corrected chi connectivity index (χ4v) is 7.40. The third-order valence-corrected chi connectivity index (χ3v) is 10.9. The molecule has 3 aliphatic heterocycles. The van der Waals surface area contributed by atoms with Crippen molar-refractivity contribution >= 4 is 46.8 Å². The molecule has 4 heterocycles. The Morgan fingerprint density at radius 1 is 0.692 bits per heavy atom. The van der Waals surface area contributed by atoms with Crippen molar-refractivity contribution in [2.75, 3.05) is 45.9 Å². The van der Waals surface area contributed by atoms with Crippen LogP contribution in [-0.2, 0) is 62.0 Å². The van der Waals surface area contributed by atoms with E-state index in [1.165, 1.54) is 39.9 Å². The number of benzene rings is 4. The molecule has 18 heteroatoms. The maximum Gasteiger partial charge on any atom is 0.412 e. The van der Waals surface area contributed by atoms with E-state index in [4.69, 9.17) is 10.5 Å². The molecule has 1 amide bonds. The molecule has 0 atom stereocenters. The van der Waals surface area contributed by atoms with E-state index in [0.29, 0.717) is 13.2 Å². The molecule has 2 N–H and O–H groups in total. The third kappa shape index (κ3) is 19.1.